The van der Waals surface area contributed by atoms with Gasteiger partial charge in [0.05, 0.1) is 0 Å². The van der Waals surface area contributed by atoms with Crippen LogP contribution in [0.2, 0.25) is 0 Å². The van der Waals surface area contributed by atoms with E-state index in [4.69, 9.17) is 0 Å². The van der Waals surface area contributed by atoms with Crippen molar-refractivity contribution in [3.63, 3.8) is 0 Å². The number of hydrogen-bond acceptors (Lipinski definition) is 2. The maximum atomic E-state index is 12.1. The summed E-state index contributed by atoms with van der Waals surface area (Å²) in [4.78, 5) is 14.2. The molecule has 2 nitrogen and oxygen atoms in total. The monoisotopic (exact) mass is 355 g/mol. The molecular formula is C16H22BrNOS. The van der Waals surface area contributed by atoms with E-state index in [1.807, 2.05) is 16.7 Å². The first-order valence-corrected chi connectivity index (χ1v) is 9.40. The average molecular weight is 356 g/mol. The number of rotatable bonds is 4. The van der Waals surface area contributed by atoms with Gasteiger partial charge in [-0.1, -0.05) is 40.2 Å². The minimum atomic E-state index is 0.315. The van der Waals surface area contributed by atoms with Gasteiger partial charge in [0, 0.05) is 35.8 Å². The van der Waals surface area contributed by atoms with E-state index < -0.39 is 0 Å². The third-order valence-electron chi connectivity index (χ3n) is 3.75. The van der Waals surface area contributed by atoms with Crippen LogP contribution >= 0.6 is 27.7 Å². The molecule has 2 rings (SSSR count). The first-order chi connectivity index (χ1) is 9.72. The summed E-state index contributed by atoms with van der Waals surface area (Å²) in [6.07, 6.45) is 2.67. The highest BCUT2D eigenvalue weighted by atomic mass is 79.9. The van der Waals surface area contributed by atoms with Gasteiger partial charge in [-0.05, 0) is 30.9 Å². The fourth-order valence-corrected chi connectivity index (χ4v) is 4.20. The first-order valence-electron chi connectivity index (χ1n) is 7.23. The lowest BCUT2D eigenvalue weighted by molar-refractivity contribution is -0.130. The topological polar surface area (TPSA) is 20.3 Å². The molecule has 1 atom stereocenters. The molecule has 1 heterocycles. The molecule has 110 valence electrons. The highest BCUT2D eigenvalue weighted by molar-refractivity contribution is 9.09. The van der Waals surface area contributed by atoms with Crippen LogP contribution in [-0.4, -0.2) is 35.0 Å². The molecule has 1 fully saturated rings. The van der Waals surface area contributed by atoms with E-state index in [-0.39, 0.29) is 0 Å². The molecular weight excluding hydrogens is 334 g/mol. The average Bonchev–Trinajstić information content (AvgIpc) is 2.71. The van der Waals surface area contributed by atoms with Crippen molar-refractivity contribution >= 4 is 33.6 Å². The molecule has 1 unspecified atom stereocenters. The zero-order valence-electron chi connectivity index (χ0n) is 12.0. The predicted molar refractivity (Wildman–Crippen MR) is 90.6 cm³/mol. The fraction of sp³-hybridized carbons (Fsp3) is 0.562. The molecule has 0 N–H and O–H groups in total. The maximum absolute atomic E-state index is 12.1. The molecule has 1 aromatic carbocycles. The van der Waals surface area contributed by atoms with Crippen molar-refractivity contribution in [2.24, 2.45) is 0 Å². The summed E-state index contributed by atoms with van der Waals surface area (Å²) in [7, 11) is 0. The number of benzene rings is 1. The largest absolute Gasteiger partial charge is 0.342 e. The van der Waals surface area contributed by atoms with Crippen LogP contribution in [0.4, 0.5) is 0 Å². The van der Waals surface area contributed by atoms with Crippen molar-refractivity contribution in [1.82, 2.24) is 4.90 Å². The van der Waals surface area contributed by atoms with E-state index in [0.717, 1.165) is 37.0 Å². The van der Waals surface area contributed by atoms with Crippen molar-refractivity contribution in [3.8, 4) is 0 Å². The number of carbonyl (C=O) groups excluding carboxylic acids is 1. The Balaban J connectivity index is 1.95. The Labute approximate surface area is 134 Å². The van der Waals surface area contributed by atoms with Crippen LogP contribution in [-0.2, 0) is 4.79 Å². The Morgan fingerprint density at radius 2 is 2.20 bits per heavy atom. The number of thioether (sulfide) groups is 1. The summed E-state index contributed by atoms with van der Waals surface area (Å²) in [6, 6.07) is 8.62. The van der Waals surface area contributed by atoms with Gasteiger partial charge < -0.3 is 4.90 Å². The van der Waals surface area contributed by atoms with E-state index in [0.29, 0.717) is 17.6 Å². The zero-order chi connectivity index (χ0) is 14.4. The van der Waals surface area contributed by atoms with Crippen molar-refractivity contribution in [2.45, 2.75) is 31.4 Å². The first kappa shape index (κ1) is 15.9. The summed E-state index contributed by atoms with van der Waals surface area (Å²) < 4.78 is 0. The minimum Gasteiger partial charge on any atom is -0.342 e. The molecule has 0 aromatic heterocycles. The van der Waals surface area contributed by atoms with Crippen LogP contribution in [0.5, 0.6) is 0 Å². The lowest BCUT2D eigenvalue weighted by atomic mass is 10.0. The highest BCUT2D eigenvalue weighted by Crippen LogP contribution is 2.35. The Bertz CT molecular complexity index is 452. The molecule has 1 aliphatic rings. The summed E-state index contributed by atoms with van der Waals surface area (Å²) in [5, 5.41) is 1.44. The second-order valence-electron chi connectivity index (χ2n) is 5.18. The fourth-order valence-electron chi connectivity index (χ4n) is 2.59. The molecule has 0 aliphatic carbocycles. The van der Waals surface area contributed by atoms with Crippen molar-refractivity contribution in [2.75, 3.05) is 24.2 Å². The lowest BCUT2D eigenvalue weighted by Crippen LogP contribution is -2.32. The second kappa shape index (κ2) is 8.08. The normalized spacial score (nSPS) is 19.7. The van der Waals surface area contributed by atoms with Gasteiger partial charge in [-0.2, -0.15) is 11.8 Å². The molecule has 0 saturated carbocycles. The van der Waals surface area contributed by atoms with Crippen LogP contribution in [0.25, 0.3) is 0 Å². The summed E-state index contributed by atoms with van der Waals surface area (Å²) in [5.74, 6) is 1.36. The van der Waals surface area contributed by atoms with E-state index in [9.17, 15) is 4.79 Å². The number of amides is 1. The Hall–Kier alpha value is -0.480. The number of alkyl halides is 1. The number of halogens is 1. The van der Waals surface area contributed by atoms with E-state index in [2.05, 4.69) is 47.1 Å². The Morgan fingerprint density at radius 1 is 1.40 bits per heavy atom. The molecule has 1 aromatic rings. The second-order valence-corrected chi connectivity index (χ2v) is 7.28. The highest BCUT2D eigenvalue weighted by Gasteiger charge is 2.22. The molecule has 0 radical (unpaired) electrons. The van der Waals surface area contributed by atoms with Crippen molar-refractivity contribution < 1.29 is 4.79 Å². The standard InChI is InChI=1S/C16H22BrNOS/c1-13-5-2-3-6-14(13)15-8-10-18(11-12-20-15)16(19)7-4-9-17/h2-3,5-6,15H,4,7-12H2,1H3. The van der Waals surface area contributed by atoms with Gasteiger partial charge in [-0.3, -0.25) is 4.79 Å². The van der Waals surface area contributed by atoms with Crippen molar-refractivity contribution in [1.29, 1.82) is 0 Å². The summed E-state index contributed by atoms with van der Waals surface area (Å²) in [6.45, 7) is 3.97. The molecule has 20 heavy (non-hydrogen) atoms. The SMILES string of the molecule is Cc1ccccc1C1CCN(C(=O)CCCBr)CCS1. The molecule has 0 spiro atoms. The van der Waals surface area contributed by atoms with E-state index in [1.54, 1.807) is 0 Å². The number of nitrogens with zero attached hydrogens (tertiary/aromatic N) is 1. The Kier molecular flexibility index (Phi) is 6.43. The van der Waals surface area contributed by atoms with Crippen LogP contribution in [0, 0.1) is 6.92 Å². The molecule has 0 bridgehead atoms. The van der Waals surface area contributed by atoms with Crippen LogP contribution in [0.1, 0.15) is 35.6 Å². The van der Waals surface area contributed by atoms with Gasteiger partial charge in [0.2, 0.25) is 5.91 Å². The maximum Gasteiger partial charge on any atom is 0.222 e. The third kappa shape index (κ3) is 4.26. The molecule has 4 heteroatoms. The third-order valence-corrected chi connectivity index (χ3v) is 5.62. The van der Waals surface area contributed by atoms with Gasteiger partial charge >= 0.3 is 0 Å². The van der Waals surface area contributed by atoms with Crippen LogP contribution in [0.15, 0.2) is 24.3 Å². The summed E-state index contributed by atoms with van der Waals surface area (Å²) >= 11 is 5.38. The van der Waals surface area contributed by atoms with E-state index >= 15 is 0 Å². The summed E-state index contributed by atoms with van der Waals surface area (Å²) in [5.41, 5.74) is 2.80. The lowest BCUT2D eigenvalue weighted by Gasteiger charge is -2.20. The minimum absolute atomic E-state index is 0.315. The van der Waals surface area contributed by atoms with Gasteiger partial charge in [-0.25, -0.2) is 0 Å². The smallest absolute Gasteiger partial charge is 0.222 e. The quantitative estimate of drug-likeness (QED) is 0.755. The molecule has 1 saturated heterocycles. The van der Waals surface area contributed by atoms with Gasteiger partial charge in [0.25, 0.3) is 0 Å². The van der Waals surface area contributed by atoms with Gasteiger partial charge in [0.15, 0.2) is 0 Å². The predicted octanol–water partition coefficient (Wildman–Crippen LogP) is 4.18. The number of hydrogen-bond donors (Lipinski definition) is 0. The van der Waals surface area contributed by atoms with Gasteiger partial charge in [0.1, 0.15) is 0 Å². The number of aryl methyl sites for hydroxylation is 1. The van der Waals surface area contributed by atoms with E-state index in [1.165, 1.54) is 11.1 Å². The van der Waals surface area contributed by atoms with Crippen LogP contribution in [0.3, 0.4) is 0 Å². The van der Waals surface area contributed by atoms with Crippen molar-refractivity contribution in [3.05, 3.63) is 35.4 Å². The van der Waals surface area contributed by atoms with Gasteiger partial charge in [-0.15, -0.1) is 0 Å². The molecule has 1 aliphatic heterocycles. The zero-order valence-corrected chi connectivity index (χ0v) is 14.4. The Morgan fingerprint density at radius 3 is 2.95 bits per heavy atom. The molecule has 1 amide bonds. The van der Waals surface area contributed by atoms with Crippen LogP contribution < -0.4 is 0 Å². The number of carbonyl (C=O) groups is 1.